The van der Waals surface area contributed by atoms with E-state index in [1.54, 1.807) is 0 Å². The van der Waals surface area contributed by atoms with Crippen molar-refractivity contribution in [1.82, 2.24) is 9.97 Å². The molecule has 0 amide bonds. The molecule has 0 aliphatic heterocycles. The lowest BCUT2D eigenvalue weighted by molar-refractivity contribution is 0.224. The molecule has 0 radical (unpaired) electrons. The van der Waals surface area contributed by atoms with Gasteiger partial charge >= 0.3 is 0 Å². The predicted molar refractivity (Wildman–Crippen MR) is 88.5 cm³/mol. The van der Waals surface area contributed by atoms with Crippen LogP contribution in [0.15, 0.2) is 42.5 Å². The van der Waals surface area contributed by atoms with Gasteiger partial charge in [-0.15, -0.1) is 0 Å². The van der Waals surface area contributed by atoms with E-state index in [9.17, 15) is 0 Å². The highest BCUT2D eigenvalue weighted by Gasteiger charge is 2.11. The number of aromatic nitrogens is 2. The fourth-order valence-corrected chi connectivity index (χ4v) is 2.36. The number of aromatic amines is 1. The Morgan fingerprint density at radius 1 is 1.09 bits per heavy atom. The fraction of sp³-hybridized carbons (Fsp3) is 0.278. The van der Waals surface area contributed by atoms with Crippen molar-refractivity contribution in [3.63, 3.8) is 0 Å². The molecule has 0 unspecified atom stereocenters. The van der Waals surface area contributed by atoms with Gasteiger partial charge in [-0.1, -0.05) is 12.1 Å². The summed E-state index contributed by atoms with van der Waals surface area (Å²) in [5.41, 5.74) is 2.96. The van der Waals surface area contributed by atoms with Crippen molar-refractivity contribution in [2.45, 2.75) is 26.9 Å². The van der Waals surface area contributed by atoms with Crippen molar-refractivity contribution < 1.29 is 9.47 Å². The minimum atomic E-state index is 0.108. The van der Waals surface area contributed by atoms with E-state index >= 15 is 0 Å². The first-order valence-corrected chi connectivity index (χ1v) is 7.56. The second-order valence-corrected chi connectivity index (χ2v) is 5.36. The molecule has 2 aromatic carbocycles. The number of para-hydroxylation sites is 2. The maximum atomic E-state index is 5.79. The number of rotatable bonds is 5. The SMILES string of the molecule is CCOc1cc(-c2nc3ccccc3[nH]2)ccc1OC(C)C. The van der Waals surface area contributed by atoms with E-state index in [0.717, 1.165) is 33.9 Å². The average molecular weight is 296 g/mol. The largest absolute Gasteiger partial charge is 0.490 e. The Labute approximate surface area is 130 Å². The van der Waals surface area contributed by atoms with Crippen molar-refractivity contribution in [3.8, 4) is 22.9 Å². The van der Waals surface area contributed by atoms with Gasteiger partial charge in [-0.2, -0.15) is 0 Å². The zero-order valence-corrected chi connectivity index (χ0v) is 13.1. The number of H-pyrrole nitrogens is 1. The highest BCUT2D eigenvalue weighted by molar-refractivity contribution is 5.79. The number of ether oxygens (including phenoxy) is 2. The van der Waals surface area contributed by atoms with Crippen LogP contribution in [0.1, 0.15) is 20.8 Å². The quantitative estimate of drug-likeness (QED) is 0.758. The van der Waals surface area contributed by atoms with Gasteiger partial charge < -0.3 is 14.5 Å². The lowest BCUT2D eigenvalue weighted by Crippen LogP contribution is -2.07. The third kappa shape index (κ3) is 2.91. The minimum absolute atomic E-state index is 0.108. The van der Waals surface area contributed by atoms with Crippen LogP contribution in [-0.2, 0) is 0 Å². The summed E-state index contributed by atoms with van der Waals surface area (Å²) in [7, 11) is 0. The number of benzene rings is 2. The molecule has 3 rings (SSSR count). The number of imidazole rings is 1. The number of nitrogens with zero attached hydrogens (tertiary/aromatic N) is 1. The number of hydrogen-bond donors (Lipinski definition) is 1. The van der Waals surface area contributed by atoms with Crippen LogP contribution in [0.3, 0.4) is 0 Å². The summed E-state index contributed by atoms with van der Waals surface area (Å²) in [6.45, 7) is 6.57. The van der Waals surface area contributed by atoms with Crippen LogP contribution in [0.2, 0.25) is 0 Å². The Balaban J connectivity index is 2.01. The van der Waals surface area contributed by atoms with Gasteiger partial charge in [-0.05, 0) is 51.1 Å². The number of hydrogen-bond acceptors (Lipinski definition) is 3. The second-order valence-electron chi connectivity index (χ2n) is 5.36. The topological polar surface area (TPSA) is 47.1 Å². The lowest BCUT2D eigenvalue weighted by Gasteiger charge is -2.15. The van der Waals surface area contributed by atoms with Crippen molar-refractivity contribution in [2.75, 3.05) is 6.61 Å². The van der Waals surface area contributed by atoms with Gasteiger partial charge in [0.1, 0.15) is 5.82 Å². The summed E-state index contributed by atoms with van der Waals surface area (Å²) in [5.74, 6) is 2.34. The molecule has 0 atom stereocenters. The molecule has 0 aliphatic rings. The summed E-state index contributed by atoms with van der Waals surface area (Å²) in [4.78, 5) is 7.96. The molecule has 0 aliphatic carbocycles. The minimum Gasteiger partial charge on any atom is -0.490 e. The molecular weight excluding hydrogens is 276 g/mol. The Bertz CT molecular complexity index is 745. The normalized spacial score (nSPS) is 11.1. The van der Waals surface area contributed by atoms with Gasteiger partial charge in [0.2, 0.25) is 0 Å². The van der Waals surface area contributed by atoms with Crippen LogP contribution in [0.4, 0.5) is 0 Å². The second kappa shape index (κ2) is 6.10. The van der Waals surface area contributed by atoms with Gasteiger partial charge in [0, 0.05) is 5.56 Å². The zero-order valence-electron chi connectivity index (χ0n) is 13.1. The maximum absolute atomic E-state index is 5.79. The summed E-state index contributed by atoms with van der Waals surface area (Å²) >= 11 is 0. The molecule has 0 bridgehead atoms. The summed E-state index contributed by atoms with van der Waals surface area (Å²) < 4.78 is 11.5. The van der Waals surface area contributed by atoms with Crippen LogP contribution < -0.4 is 9.47 Å². The summed E-state index contributed by atoms with van der Waals surface area (Å²) in [6, 6.07) is 13.9. The third-order valence-electron chi connectivity index (χ3n) is 3.27. The molecule has 4 nitrogen and oxygen atoms in total. The fourth-order valence-electron chi connectivity index (χ4n) is 2.36. The van der Waals surface area contributed by atoms with Gasteiger partial charge in [-0.25, -0.2) is 4.98 Å². The van der Waals surface area contributed by atoms with Crippen molar-refractivity contribution >= 4 is 11.0 Å². The average Bonchev–Trinajstić information content (AvgIpc) is 2.92. The maximum Gasteiger partial charge on any atom is 0.161 e. The van der Waals surface area contributed by atoms with E-state index in [1.807, 2.05) is 63.2 Å². The van der Waals surface area contributed by atoms with E-state index in [4.69, 9.17) is 9.47 Å². The van der Waals surface area contributed by atoms with E-state index < -0.39 is 0 Å². The summed E-state index contributed by atoms with van der Waals surface area (Å²) in [6.07, 6.45) is 0.108. The van der Waals surface area contributed by atoms with Crippen LogP contribution in [0, 0.1) is 0 Å². The van der Waals surface area contributed by atoms with E-state index in [2.05, 4.69) is 9.97 Å². The molecular formula is C18H20N2O2. The Hall–Kier alpha value is -2.49. The highest BCUT2D eigenvalue weighted by Crippen LogP contribution is 2.33. The van der Waals surface area contributed by atoms with E-state index in [1.165, 1.54) is 0 Å². The number of nitrogens with one attached hydrogen (secondary N) is 1. The molecule has 0 fully saturated rings. The third-order valence-corrected chi connectivity index (χ3v) is 3.27. The molecule has 1 N–H and O–H groups in total. The molecule has 3 aromatic rings. The van der Waals surface area contributed by atoms with Gasteiger partial charge in [0.15, 0.2) is 11.5 Å². The predicted octanol–water partition coefficient (Wildman–Crippen LogP) is 4.42. The van der Waals surface area contributed by atoms with E-state index in [0.29, 0.717) is 6.61 Å². The first-order valence-electron chi connectivity index (χ1n) is 7.56. The smallest absolute Gasteiger partial charge is 0.161 e. The molecule has 1 aromatic heterocycles. The first kappa shape index (κ1) is 14.4. The van der Waals surface area contributed by atoms with Crippen molar-refractivity contribution in [2.24, 2.45) is 0 Å². The lowest BCUT2D eigenvalue weighted by atomic mass is 10.2. The summed E-state index contributed by atoms with van der Waals surface area (Å²) in [5, 5.41) is 0. The Morgan fingerprint density at radius 3 is 2.64 bits per heavy atom. The zero-order chi connectivity index (χ0) is 15.5. The van der Waals surface area contributed by atoms with Gasteiger partial charge in [-0.3, -0.25) is 0 Å². The highest BCUT2D eigenvalue weighted by atomic mass is 16.5. The molecule has 22 heavy (non-hydrogen) atoms. The van der Waals surface area contributed by atoms with Crippen LogP contribution in [0.5, 0.6) is 11.5 Å². The molecule has 0 saturated heterocycles. The Kier molecular flexibility index (Phi) is 4.00. The first-order chi connectivity index (χ1) is 10.7. The van der Waals surface area contributed by atoms with Gasteiger partial charge in [0.25, 0.3) is 0 Å². The molecule has 0 saturated carbocycles. The molecule has 1 heterocycles. The molecule has 4 heteroatoms. The van der Waals surface area contributed by atoms with Crippen molar-refractivity contribution in [3.05, 3.63) is 42.5 Å². The van der Waals surface area contributed by atoms with Crippen LogP contribution >= 0.6 is 0 Å². The van der Waals surface area contributed by atoms with Gasteiger partial charge in [0.05, 0.1) is 23.7 Å². The Morgan fingerprint density at radius 2 is 1.91 bits per heavy atom. The number of fused-ring (bicyclic) bond motifs is 1. The molecule has 114 valence electrons. The van der Waals surface area contributed by atoms with Crippen molar-refractivity contribution in [1.29, 1.82) is 0 Å². The standard InChI is InChI=1S/C18H20N2O2/c1-4-21-17-11-13(9-10-16(17)22-12(2)3)18-19-14-7-5-6-8-15(14)20-18/h5-12H,4H2,1-3H3,(H,19,20). The monoisotopic (exact) mass is 296 g/mol. The van der Waals surface area contributed by atoms with Crippen LogP contribution in [0.25, 0.3) is 22.4 Å². The van der Waals surface area contributed by atoms with Crippen LogP contribution in [-0.4, -0.2) is 22.7 Å². The molecule has 0 spiro atoms. The van der Waals surface area contributed by atoms with E-state index in [-0.39, 0.29) is 6.10 Å².